The molecule has 8 heteroatoms. The van der Waals surface area contributed by atoms with Gasteiger partial charge in [-0.05, 0) is 29.8 Å². The van der Waals surface area contributed by atoms with E-state index in [0.717, 1.165) is 16.5 Å². The Kier molecular flexibility index (Phi) is 5.08. The van der Waals surface area contributed by atoms with Gasteiger partial charge in [0.15, 0.2) is 5.60 Å². The lowest BCUT2D eigenvalue weighted by molar-refractivity contribution is -0.132. The molecule has 2 fully saturated rings. The zero-order valence-corrected chi connectivity index (χ0v) is 17.6. The summed E-state index contributed by atoms with van der Waals surface area (Å²) >= 11 is 6.09. The monoisotopic (exact) mass is 439 g/mol. The van der Waals surface area contributed by atoms with Crippen LogP contribution in [-0.2, 0) is 20.7 Å². The van der Waals surface area contributed by atoms with E-state index in [1.54, 1.807) is 28.0 Å². The lowest BCUT2D eigenvalue weighted by Crippen LogP contribution is -2.49. The molecule has 3 heterocycles. The molecule has 2 saturated heterocycles. The number of nitrogens with one attached hydrogen (secondary N) is 1. The van der Waals surface area contributed by atoms with Crippen molar-refractivity contribution in [3.63, 3.8) is 0 Å². The summed E-state index contributed by atoms with van der Waals surface area (Å²) in [6.07, 6.45) is 1.69. The summed E-state index contributed by atoms with van der Waals surface area (Å²) in [4.78, 5) is 32.3. The van der Waals surface area contributed by atoms with E-state index in [0.29, 0.717) is 30.4 Å². The van der Waals surface area contributed by atoms with Crippen molar-refractivity contribution in [2.45, 2.75) is 12.0 Å². The molecule has 0 bridgehead atoms. The highest BCUT2D eigenvalue weighted by atomic mass is 35.5. The van der Waals surface area contributed by atoms with Gasteiger partial charge in [0.1, 0.15) is 0 Å². The van der Waals surface area contributed by atoms with Crippen LogP contribution in [0.3, 0.4) is 0 Å². The number of para-hydroxylation sites is 1. The predicted octanol–water partition coefficient (Wildman–Crippen LogP) is 3.62. The predicted molar refractivity (Wildman–Crippen MR) is 117 cm³/mol. The van der Waals surface area contributed by atoms with E-state index >= 15 is 0 Å². The van der Waals surface area contributed by atoms with Crippen LogP contribution in [0.2, 0.25) is 5.02 Å². The molecule has 0 aliphatic carbocycles. The van der Waals surface area contributed by atoms with Crippen molar-refractivity contribution in [1.82, 2.24) is 9.88 Å². The van der Waals surface area contributed by atoms with E-state index in [4.69, 9.17) is 21.1 Å². The van der Waals surface area contributed by atoms with Crippen molar-refractivity contribution in [3.05, 3.63) is 65.3 Å². The highest BCUT2D eigenvalue weighted by Crippen LogP contribution is 2.32. The van der Waals surface area contributed by atoms with Gasteiger partial charge in [0.05, 0.1) is 32.7 Å². The number of H-pyrrole nitrogens is 1. The van der Waals surface area contributed by atoms with Gasteiger partial charge in [-0.1, -0.05) is 35.9 Å². The fourth-order valence-corrected chi connectivity index (χ4v) is 4.48. The second-order valence-electron chi connectivity index (χ2n) is 8.02. The summed E-state index contributed by atoms with van der Waals surface area (Å²) < 4.78 is 11.5. The first-order chi connectivity index (χ1) is 15.0. The van der Waals surface area contributed by atoms with Crippen molar-refractivity contribution in [2.75, 3.05) is 37.7 Å². The number of halogens is 1. The van der Waals surface area contributed by atoms with Crippen molar-refractivity contribution in [1.29, 1.82) is 0 Å². The summed E-state index contributed by atoms with van der Waals surface area (Å²) in [6.45, 7) is 1.68. The molecule has 1 aromatic heterocycles. The van der Waals surface area contributed by atoms with Gasteiger partial charge in [-0.2, -0.15) is 0 Å². The number of amides is 2. The van der Waals surface area contributed by atoms with Gasteiger partial charge in [0.2, 0.25) is 5.91 Å². The molecule has 5 rings (SSSR count). The molecular weight excluding hydrogens is 418 g/mol. The van der Waals surface area contributed by atoms with Crippen LogP contribution < -0.4 is 4.90 Å². The normalized spacial score (nSPS) is 21.5. The Morgan fingerprint density at radius 3 is 2.90 bits per heavy atom. The zero-order valence-electron chi connectivity index (χ0n) is 16.8. The number of rotatable bonds is 3. The fourth-order valence-electron chi connectivity index (χ4n) is 4.29. The summed E-state index contributed by atoms with van der Waals surface area (Å²) in [5, 5.41) is 1.58. The fraction of sp³-hybridized carbons (Fsp3) is 0.304. The quantitative estimate of drug-likeness (QED) is 0.676. The Morgan fingerprint density at radius 2 is 2.03 bits per heavy atom. The number of nitrogens with zero attached hydrogens (tertiary/aromatic N) is 2. The number of aromatic amines is 1. The average Bonchev–Trinajstić information content (AvgIpc) is 3.23. The van der Waals surface area contributed by atoms with Crippen LogP contribution in [0, 0.1) is 0 Å². The molecule has 2 amide bonds. The van der Waals surface area contributed by atoms with Crippen molar-refractivity contribution in [3.8, 4) is 0 Å². The highest BCUT2D eigenvalue weighted by Gasteiger charge is 2.49. The Bertz CT molecular complexity index is 1150. The molecule has 160 valence electrons. The molecule has 0 radical (unpaired) electrons. The maximum absolute atomic E-state index is 13.2. The third kappa shape index (κ3) is 3.86. The topological polar surface area (TPSA) is 74.9 Å². The van der Waals surface area contributed by atoms with E-state index in [9.17, 15) is 9.59 Å². The molecule has 7 nitrogen and oxygen atoms in total. The molecular formula is C23H22ClN3O4. The lowest BCUT2D eigenvalue weighted by atomic mass is 10.0. The van der Waals surface area contributed by atoms with E-state index in [1.165, 1.54) is 0 Å². The summed E-state index contributed by atoms with van der Waals surface area (Å²) in [6, 6.07) is 15.0. The minimum Gasteiger partial charge on any atom is -0.436 e. The summed E-state index contributed by atoms with van der Waals surface area (Å²) in [7, 11) is 0. The van der Waals surface area contributed by atoms with Crippen LogP contribution in [0.1, 0.15) is 5.56 Å². The van der Waals surface area contributed by atoms with Crippen LogP contribution in [-0.4, -0.2) is 60.3 Å². The third-order valence-corrected chi connectivity index (χ3v) is 6.04. The van der Waals surface area contributed by atoms with Crippen molar-refractivity contribution >= 4 is 40.2 Å². The van der Waals surface area contributed by atoms with Gasteiger partial charge in [0, 0.05) is 34.4 Å². The molecule has 2 aliphatic rings. The first kappa shape index (κ1) is 19.9. The van der Waals surface area contributed by atoms with Crippen LogP contribution in [0.15, 0.2) is 54.7 Å². The second kappa shape index (κ2) is 7.90. The molecule has 2 aromatic carbocycles. The minimum absolute atomic E-state index is 0.0214. The highest BCUT2D eigenvalue weighted by molar-refractivity contribution is 6.30. The number of carbonyl (C=O) groups is 2. The molecule has 1 unspecified atom stereocenters. The zero-order chi connectivity index (χ0) is 21.4. The maximum atomic E-state index is 13.2. The smallest absolute Gasteiger partial charge is 0.415 e. The molecule has 2 aliphatic heterocycles. The van der Waals surface area contributed by atoms with Crippen LogP contribution in [0.4, 0.5) is 10.5 Å². The first-order valence-corrected chi connectivity index (χ1v) is 10.6. The van der Waals surface area contributed by atoms with Crippen molar-refractivity contribution in [2.24, 2.45) is 0 Å². The first-order valence-electron chi connectivity index (χ1n) is 10.2. The number of ether oxygens (including phenoxy) is 2. The number of anilines is 1. The maximum Gasteiger partial charge on any atom is 0.415 e. The van der Waals surface area contributed by atoms with Crippen LogP contribution >= 0.6 is 11.6 Å². The van der Waals surface area contributed by atoms with E-state index < -0.39 is 11.7 Å². The molecule has 1 N–H and O–H groups in total. The van der Waals surface area contributed by atoms with Gasteiger partial charge in [-0.3, -0.25) is 9.69 Å². The third-order valence-electron chi connectivity index (χ3n) is 5.81. The van der Waals surface area contributed by atoms with E-state index in [1.807, 2.05) is 36.5 Å². The number of aromatic nitrogens is 1. The lowest BCUT2D eigenvalue weighted by Gasteiger charge is -2.29. The van der Waals surface area contributed by atoms with Crippen molar-refractivity contribution < 1.29 is 19.1 Å². The van der Waals surface area contributed by atoms with Gasteiger partial charge in [0.25, 0.3) is 0 Å². The Balaban J connectivity index is 1.34. The van der Waals surface area contributed by atoms with E-state index in [-0.39, 0.29) is 25.5 Å². The van der Waals surface area contributed by atoms with Crippen LogP contribution in [0.5, 0.6) is 0 Å². The number of fused-ring (bicyclic) bond motifs is 1. The van der Waals surface area contributed by atoms with Gasteiger partial charge in [-0.15, -0.1) is 0 Å². The summed E-state index contributed by atoms with van der Waals surface area (Å²) in [5.41, 5.74) is 1.70. The number of hydrogen-bond acceptors (Lipinski definition) is 4. The van der Waals surface area contributed by atoms with Gasteiger partial charge in [-0.25, -0.2) is 4.79 Å². The minimum atomic E-state index is -0.911. The number of hydrogen-bond donors (Lipinski definition) is 1. The SMILES string of the molecule is O=C(Cc1c[nH]c2ccccc12)N1CCOCC2(C1)CN(c1cccc(Cl)c1)C(=O)O2. The Hall–Kier alpha value is -3.03. The standard InChI is InChI=1S/C23H22ClN3O4/c24-17-4-3-5-18(11-17)27-14-23(31-22(27)29)13-26(8-9-30-15-23)21(28)10-16-12-25-20-7-2-1-6-19(16)20/h1-7,11-12,25H,8-10,13-15H2. The molecule has 1 atom stereocenters. The molecule has 1 spiro atoms. The van der Waals surface area contributed by atoms with E-state index in [2.05, 4.69) is 4.98 Å². The van der Waals surface area contributed by atoms with Gasteiger partial charge >= 0.3 is 6.09 Å². The van der Waals surface area contributed by atoms with Crippen LogP contribution in [0.25, 0.3) is 10.9 Å². The molecule has 3 aromatic rings. The Labute approximate surface area is 184 Å². The number of benzene rings is 2. The largest absolute Gasteiger partial charge is 0.436 e. The Morgan fingerprint density at radius 1 is 1.16 bits per heavy atom. The molecule has 31 heavy (non-hydrogen) atoms. The second-order valence-corrected chi connectivity index (χ2v) is 8.46. The molecule has 0 saturated carbocycles. The summed E-state index contributed by atoms with van der Waals surface area (Å²) in [5.74, 6) is -0.0214. The van der Waals surface area contributed by atoms with Gasteiger partial charge < -0.3 is 19.4 Å². The number of carbonyl (C=O) groups excluding carboxylic acids is 2. The average molecular weight is 440 g/mol.